The Kier molecular flexibility index (Phi) is 3.90. The molecule has 0 saturated carbocycles. The predicted molar refractivity (Wildman–Crippen MR) is 21.6 cm³/mol. The highest BCUT2D eigenvalue weighted by atomic mass is 16.9. The lowest BCUT2D eigenvalue weighted by Crippen LogP contribution is -2.35. The molecule has 0 atom stereocenters. The Hall–Kier alpha value is -0.175. The molecule has 0 aliphatic rings. The molecule has 0 aromatic rings. The van der Waals surface area contributed by atoms with Gasteiger partial charge in [-0.2, -0.15) is 0 Å². The Morgan fingerprint density at radius 3 is 1.14 bits per heavy atom. The third-order valence-electron chi connectivity index (χ3n) is 0.333. The molecule has 7 heavy (non-hydrogen) atoms. The highest BCUT2D eigenvalue weighted by molar-refractivity contribution is 6.35. The average Bonchev–Trinajstić information content (AvgIpc) is 1.72. The van der Waals surface area contributed by atoms with Crippen LogP contribution in [-0.4, -0.2) is 7.32 Å². The lowest BCUT2D eigenvalue weighted by molar-refractivity contribution is 0.0946. The van der Waals surface area contributed by atoms with Gasteiger partial charge in [0.25, 0.3) is 0 Å². The summed E-state index contributed by atoms with van der Waals surface area (Å²) >= 11 is 0. The lowest BCUT2D eigenvalue weighted by Gasteiger charge is -1.99. The molecule has 0 spiro atoms. The summed E-state index contributed by atoms with van der Waals surface area (Å²) < 4.78 is 11.6. The SMILES string of the molecule is NOB(ON)ON. The second-order valence-corrected chi connectivity index (χ2v) is 0.697. The predicted octanol–water partition coefficient (Wildman–Crippen LogP) is -2.36. The van der Waals surface area contributed by atoms with Gasteiger partial charge in [0.2, 0.25) is 0 Å². The van der Waals surface area contributed by atoms with Crippen LogP contribution in [0.25, 0.3) is 0 Å². The van der Waals surface area contributed by atoms with Crippen LogP contribution in [0.5, 0.6) is 0 Å². The van der Waals surface area contributed by atoms with Crippen LogP contribution in [0.1, 0.15) is 0 Å². The molecule has 0 aliphatic heterocycles. The van der Waals surface area contributed by atoms with Crippen molar-refractivity contribution >= 4 is 7.32 Å². The van der Waals surface area contributed by atoms with Crippen molar-refractivity contribution < 1.29 is 14.3 Å². The van der Waals surface area contributed by atoms with E-state index in [4.69, 9.17) is 0 Å². The Morgan fingerprint density at radius 1 is 0.857 bits per heavy atom. The van der Waals surface area contributed by atoms with Gasteiger partial charge in [0, 0.05) is 0 Å². The molecule has 0 rings (SSSR count). The first-order valence-electron chi connectivity index (χ1n) is 1.41. The number of nitrogens with two attached hydrogens (primary N) is 3. The molecule has 0 bridgehead atoms. The van der Waals surface area contributed by atoms with E-state index in [-0.39, 0.29) is 0 Å². The first-order chi connectivity index (χ1) is 3.35. The van der Waals surface area contributed by atoms with Gasteiger partial charge in [-0.05, 0) is 0 Å². The average molecular weight is 107 g/mol. The zero-order valence-electron chi connectivity index (χ0n) is 3.53. The molecule has 7 heteroatoms. The molecular formula is H6BN3O3. The number of rotatable bonds is 3. The fraction of sp³-hybridized carbons (Fsp3) is 0. The molecule has 42 valence electrons. The van der Waals surface area contributed by atoms with Gasteiger partial charge >= 0.3 is 7.32 Å². The minimum atomic E-state index is -1.18. The minimum absolute atomic E-state index is 1.18. The van der Waals surface area contributed by atoms with Gasteiger partial charge in [0.15, 0.2) is 0 Å². The zero-order valence-corrected chi connectivity index (χ0v) is 3.53. The maximum Gasteiger partial charge on any atom is 0.691 e. The Bertz CT molecular complexity index is 31.7. The smallest absolute Gasteiger partial charge is 0.301 e. The van der Waals surface area contributed by atoms with E-state index in [2.05, 4.69) is 32.0 Å². The minimum Gasteiger partial charge on any atom is -0.301 e. The lowest BCUT2D eigenvalue weighted by atomic mass is 10.3. The third-order valence-corrected chi connectivity index (χ3v) is 0.333. The molecule has 0 aromatic heterocycles. The summed E-state index contributed by atoms with van der Waals surface area (Å²) in [4.78, 5) is 0. The first-order valence-corrected chi connectivity index (χ1v) is 1.41. The zero-order chi connectivity index (χ0) is 5.70. The summed E-state index contributed by atoms with van der Waals surface area (Å²) in [5.41, 5.74) is 0. The van der Waals surface area contributed by atoms with Crippen LogP contribution >= 0.6 is 0 Å². The van der Waals surface area contributed by atoms with E-state index in [9.17, 15) is 0 Å². The van der Waals surface area contributed by atoms with Crippen molar-refractivity contribution in [3.63, 3.8) is 0 Å². The van der Waals surface area contributed by atoms with Crippen molar-refractivity contribution in [1.82, 2.24) is 0 Å². The summed E-state index contributed by atoms with van der Waals surface area (Å²) in [7, 11) is -1.18. The summed E-state index contributed by atoms with van der Waals surface area (Å²) in [6.07, 6.45) is 0. The first kappa shape index (κ1) is 6.82. The summed E-state index contributed by atoms with van der Waals surface area (Å²) in [6.45, 7) is 0. The van der Waals surface area contributed by atoms with E-state index >= 15 is 0 Å². The van der Waals surface area contributed by atoms with Crippen molar-refractivity contribution in [3.8, 4) is 0 Å². The third kappa shape index (κ3) is 2.51. The summed E-state index contributed by atoms with van der Waals surface area (Å²) in [6, 6.07) is 0. The van der Waals surface area contributed by atoms with Crippen LogP contribution in [0.2, 0.25) is 0 Å². The van der Waals surface area contributed by atoms with E-state index in [1.165, 1.54) is 0 Å². The Morgan fingerprint density at radius 2 is 1.14 bits per heavy atom. The maximum absolute atomic E-state index is 4.48. The maximum atomic E-state index is 4.48. The normalized spacial score (nSPS) is 9.00. The summed E-state index contributed by atoms with van der Waals surface area (Å²) in [5, 5.41) is 0. The Balaban J connectivity index is 2.99. The van der Waals surface area contributed by atoms with Crippen LogP contribution in [0.4, 0.5) is 0 Å². The van der Waals surface area contributed by atoms with Crippen molar-refractivity contribution in [1.29, 1.82) is 0 Å². The molecule has 6 N–H and O–H groups in total. The van der Waals surface area contributed by atoms with Gasteiger partial charge in [0.1, 0.15) is 0 Å². The van der Waals surface area contributed by atoms with E-state index in [1.54, 1.807) is 0 Å². The topological polar surface area (TPSA) is 106 Å². The summed E-state index contributed by atoms with van der Waals surface area (Å²) in [5.74, 6) is 13.5. The standard InChI is InChI=1S/BH6N3O3/c2-5-1(6-3)7-4/h2-4H2. The fourth-order valence-corrected chi connectivity index (χ4v) is 0.0962. The van der Waals surface area contributed by atoms with Crippen molar-refractivity contribution in [2.24, 2.45) is 17.7 Å². The molecule has 0 unspecified atom stereocenters. The second-order valence-electron chi connectivity index (χ2n) is 0.697. The van der Waals surface area contributed by atoms with Gasteiger partial charge in [-0.25, -0.2) is 17.7 Å². The van der Waals surface area contributed by atoms with Crippen LogP contribution < -0.4 is 17.7 Å². The molecule has 0 aliphatic carbocycles. The number of hydrogen-bond acceptors (Lipinski definition) is 6. The van der Waals surface area contributed by atoms with Crippen LogP contribution in [0.3, 0.4) is 0 Å². The Labute approximate surface area is 40.5 Å². The van der Waals surface area contributed by atoms with Gasteiger partial charge in [-0.3, -0.25) is 0 Å². The highest BCUT2D eigenvalue weighted by Crippen LogP contribution is 1.73. The molecular weight excluding hydrogens is 101 g/mol. The van der Waals surface area contributed by atoms with Crippen molar-refractivity contribution in [2.45, 2.75) is 0 Å². The molecule has 0 radical (unpaired) electrons. The number of hydrogen-bond donors (Lipinski definition) is 3. The quantitative estimate of drug-likeness (QED) is 0.275. The molecule has 0 heterocycles. The van der Waals surface area contributed by atoms with Crippen molar-refractivity contribution in [3.05, 3.63) is 0 Å². The molecule has 0 aromatic carbocycles. The molecule has 0 fully saturated rings. The van der Waals surface area contributed by atoms with Gasteiger partial charge < -0.3 is 14.3 Å². The van der Waals surface area contributed by atoms with Crippen LogP contribution in [-0.2, 0) is 14.3 Å². The van der Waals surface area contributed by atoms with Gasteiger partial charge in [-0.1, -0.05) is 0 Å². The fourth-order valence-electron chi connectivity index (χ4n) is 0.0962. The van der Waals surface area contributed by atoms with E-state index in [0.717, 1.165) is 0 Å². The highest BCUT2D eigenvalue weighted by Gasteiger charge is 2.16. The second kappa shape index (κ2) is 4.00. The van der Waals surface area contributed by atoms with Crippen LogP contribution in [0.15, 0.2) is 0 Å². The van der Waals surface area contributed by atoms with E-state index in [1.807, 2.05) is 0 Å². The largest absolute Gasteiger partial charge is 0.691 e. The molecule has 0 saturated heterocycles. The monoisotopic (exact) mass is 107 g/mol. The van der Waals surface area contributed by atoms with Crippen molar-refractivity contribution in [2.75, 3.05) is 0 Å². The van der Waals surface area contributed by atoms with Gasteiger partial charge in [-0.15, -0.1) is 0 Å². The van der Waals surface area contributed by atoms with E-state index < -0.39 is 7.32 Å². The van der Waals surface area contributed by atoms with Gasteiger partial charge in [0.05, 0.1) is 0 Å². The molecule has 6 nitrogen and oxygen atoms in total. The van der Waals surface area contributed by atoms with Crippen LogP contribution in [0, 0.1) is 0 Å². The van der Waals surface area contributed by atoms with E-state index in [0.29, 0.717) is 0 Å². The molecule has 0 amide bonds.